The van der Waals surface area contributed by atoms with Crippen LogP contribution in [0.5, 0.6) is 5.75 Å². The first kappa shape index (κ1) is 9.42. The summed E-state index contributed by atoms with van der Waals surface area (Å²) in [5.74, 6) is 0.265. The lowest BCUT2D eigenvalue weighted by Crippen LogP contribution is -2.12. The summed E-state index contributed by atoms with van der Waals surface area (Å²) in [6.07, 6.45) is 2.82. The van der Waals surface area contributed by atoms with Gasteiger partial charge < -0.3 is 9.84 Å². The second-order valence-corrected chi connectivity index (χ2v) is 3.85. The van der Waals surface area contributed by atoms with Gasteiger partial charge in [-0.25, -0.2) is 4.68 Å². The van der Waals surface area contributed by atoms with Crippen LogP contribution in [0.3, 0.4) is 0 Å². The van der Waals surface area contributed by atoms with Crippen molar-refractivity contribution in [1.82, 2.24) is 9.78 Å². The molecule has 3 rings (SSSR count). The second-order valence-electron chi connectivity index (χ2n) is 3.85. The fourth-order valence-corrected chi connectivity index (χ4v) is 1.94. The molecule has 4 heteroatoms. The maximum atomic E-state index is 9.24. The summed E-state index contributed by atoms with van der Waals surface area (Å²) < 4.78 is 7.30. The minimum Gasteiger partial charge on any atom is -0.508 e. The number of hydrogen-bond donors (Lipinski definition) is 1. The Kier molecular flexibility index (Phi) is 2.15. The largest absolute Gasteiger partial charge is 0.508 e. The van der Waals surface area contributed by atoms with Gasteiger partial charge in [0.2, 0.25) is 0 Å². The van der Waals surface area contributed by atoms with Crippen LogP contribution in [0.2, 0.25) is 0 Å². The molecule has 1 aromatic carbocycles. The van der Waals surface area contributed by atoms with Crippen molar-refractivity contribution >= 4 is 0 Å². The summed E-state index contributed by atoms with van der Waals surface area (Å²) in [6.45, 7) is 1.38. The van der Waals surface area contributed by atoms with Crippen molar-refractivity contribution in [3.05, 3.63) is 41.7 Å². The third-order valence-electron chi connectivity index (χ3n) is 2.80. The maximum absolute atomic E-state index is 9.24. The van der Waals surface area contributed by atoms with Crippen molar-refractivity contribution in [3.63, 3.8) is 0 Å². The van der Waals surface area contributed by atoms with Crippen LogP contribution in [0, 0.1) is 0 Å². The Labute approximate surface area is 93.1 Å². The summed E-state index contributed by atoms with van der Waals surface area (Å²) in [7, 11) is 0. The molecule has 0 fully saturated rings. The van der Waals surface area contributed by atoms with Gasteiger partial charge in [0, 0.05) is 0 Å². The van der Waals surface area contributed by atoms with E-state index >= 15 is 0 Å². The normalized spacial score (nSPS) is 14.8. The molecule has 1 N–H and O–H groups in total. The van der Waals surface area contributed by atoms with Crippen LogP contribution in [-0.2, 0) is 17.8 Å². The van der Waals surface area contributed by atoms with Crippen molar-refractivity contribution in [1.29, 1.82) is 0 Å². The van der Waals surface area contributed by atoms with Crippen LogP contribution < -0.4 is 0 Å². The van der Waals surface area contributed by atoms with Crippen molar-refractivity contribution in [2.45, 2.75) is 13.0 Å². The molecule has 0 saturated carbocycles. The summed E-state index contributed by atoms with van der Waals surface area (Å²) in [4.78, 5) is 0. The van der Waals surface area contributed by atoms with Crippen molar-refractivity contribution in [2.75, 3.05) is 6.61 Å². The Morgan fingerprint density at radius 1 is 1.25 bits per heavy atom. The average molecular weight is 216 g/mol. The number of phenols is 1. The third-order valence-corrected chi connectivity index (χ3v) is 2.80. The highest BCUT2D eigenvalue weighted by atomic mass is 16.5. The molecule has 82 valence electrons. The van der Waals surface area contributed by atoms with E-state index in [0.29, 0.717) is 6.61 Å². The minimum atomic E-state index is 0.265. The van der Waals surface area contributed by atoms with Gasteiger partial charge in [-0.15, -0.1) is 0 Å². The summed E-state index contributed by atoms with van der Waals surface area (Å²) in [5.41, 5.74) is 3.31. The van der Waals surface area contributed by atoms with E-state index in [9.17, 15) is 5.11 Å². The predicted molar refractivity (Wildman–Crippen MR) is 58.6 cm³/mol. The van der Waals surface area contributed by atoms with Gasteiger partial charge in [0.1, 0.15) is 5.75 Å². The quantitative estimate of drug-likeness (QED) is 0.788. The van der Waals surface area contributed by atoms with Crippen molar-refractivity contribution in [3.8, 4) is 11.4 Å². The van der Waals surface area contributed by atoms with Crippen LogP contribution >= 0.6 is 0 Å². The molecule has 0 aliphatic carbocycles. The molecule has 0 spiro atoms. The van der Waals surface area contributed by atoms with Crippen LogP contribution in [0.1, 0.15) is 11.3 Å². The average Bonchev–Trinajstić information content (AvgIpc) is 2.74. The summed E-state index contributed by atoms with van der Waals surface area (Å²) in [5, 5.41) is 13.6. The molecule has 0 amide bonds. The highest BCUT2D eigenvalue weighted by Crippen LogP contribution is 2.21. The molecule has 0 saturated heterocycles. The molecule has 1 aliphatic rings. The number of rotatable bonds is 1. The van der Waals surface area contributed by atoms with E-state index in [1.807, 2.05) is 23.0 Å². The smallest absolute Gasteiger partial charge is 0.115 e. The lowest BCUT2D eigenvalue weighted by molar-refractivity contribution is 0.106. The molecule has 0 unspecified atom stereocenters. The zero-order valence-corrected chi connectivity index (χ0v) is 8.76. The Morgan fingerprint density at radius 2 is 2.06 bits per heavy atom. The Bertz CT molecular complexity index is 502. The standard InChI is InChI=1S/C12H12N2O2/c15-11-3-1-10(2-4-11)14-12-8-16-6-5-9(12)7-13-14/h1-4,7,15H,5-6,8H2. The number of aromatic hydroxyl groups is 1. The predicted octanol–water partition coefficient (Wildman–Crippen LogP) is 1.65. The molecule has 0 atom stereocenters. The lowest BCUT2D eigenvalue weighted by Gasteiger charge is -2.14. The zero-order chi connectivity index (χ0) is 11.0. The van der Waals surface area contributed by atoms with E-state index in [1.165, 1.54) is 5.56 Å². The first-order chi connectivity index (χ1) is 7.84. The van der Waals surface area contributed by atoms with Gasteiger partial charge in [0.05, 0.1) is 30.8 Å². The van der Waals surface area contributed by atoms with E-state index in [-0.39, 0.29) is 5.75 Å². The molecule has 0 bridgehead atoms. The molecular formula is C12H12N2O2. The number of ether oxygens (including phenoxy) is 1. The van der Waals surface area contributed by atoms with Gasteiger partial charge in [-0.2, -0.15) is 5.10 Å². The number of fused-ring (bicyclic) bond motifs is 1. The molecule has 2 heterocycles. The second kappa shape index (κ2) is 3.64. The molecule has 0 radical (unpaired) electrons. The first-order valence-corrected chi connectivity index (χ1v) is 5.27. The Balaban J connectivity index is 2.06. The number of benzene rings is 1. The van der Waals surface area contributed by atoms with Gasteiger partial charge in [-0.3, -0.25) is 0 Å². The number of hydrogen-bond acceptors (Lipinski definition) is 3. The van der Waals surface area contributed by atoms with Crippen LogP contribution in [-0.4, -0.2) is 21.5 Å². The van der Waals surface area contributed by atoms with Crippen LogP contribution in [0.4, 0.5) is 0 Å². The molecule has 1 aliphatic heterocycles. The van der Waals surface area contributed by atoms with Crippen molar-refractivity contribution in [2.24, 2.45) is 0 Å². The fraction of sp³-hybridized carbons (Fsp3) is 0.250. The third kappa shape index (κ3) is 1.47. The van der Waals surface area contributed by atoms with E-state index in [2.05, 4.69) is 5.10 Å². The lowest BCUT2D eigenvalue weighted by atomic mass is 10.1. The monoisotopic (exact) mass is 216 g/mol. The molecular weight excluding hydrogens is 204 g/mol. The van der Waals surface area contributed by atoms with Gasteiger partial charge in [-0.1, -0.05) is 0 Å². The molecule has 16 heavy (non-hydrogen) atoms. The highest BCUT2D eigenvalue weighted by molar-refractivity contribution is 5.39. The van der Waals surface area contributed by atoms with Crippen LogP contribution in [0.15, 0.2) is 30.5 Å². The SMILES string of the molecule is Oc1ccc(-n2ncc3c2COCC3)cc1. The Hall–Kier alpha value is -1.81. The van der Waals surface area contributed by atoms with Gasteiger partial charge in [0.25, 0.3) is 0 Å². The van der Waals surface area contributed by atoms with Gasteiger partial charge in [0.15, 0.2) is 0 Å². The van der Waals surface area contributed by atoms with Gasteiger partial charge >= 0.3 is 0 Å². The van der Waals surface area contributed by atoms with Gasteiger partial charge in [-0.05, 0) is 36.2 Å². The zero-order valence-electron chi connectivity index (χ0n) is 8.76. The topological polar surface area (TPSA) is 47.3 Å². The molecule has 1 aromatic heterocycles. The maximum Gasteiger partial charge on any atom is 0.115 e. The van der Waals surface area contributed by atoms with E-state index in [1.54, 1.807) is 12.1 Å². The number of nitrogens with zero attached hydrogens (tertiary/aromatic N) is 2. The number of aromatic nitrogens is 2. The number of phenolic OH excluding ortho intramolecular Hbond substituents is 1. The summed E-state index contributed by atoms with van der Waals surface area (Å²) in [6, 6.07) is 7.01. The fourth-order valence-electron chi connectivity index (χ4n) is 1.94. The molecule has 2 aromatic rings. The van der Waals surface area contributed by atoms with E-state index < -0.39 is 0 Å². The van der Waals surface area contributed by atoms with E-state index in [0.717, 1.165) is 24.4 Å². The highest BCUT2D eigenvalue weighted by Gasteiger charge is 2.16. The molecule has 4 nitrogen and oxygen atoms in total. The minimum absolute atomic E-state index is 0.265. The first-order valence-electron chi connectivity index (χ1n) is 5.27. The Morgan fingerprint density at radius 3 is 2.88 bits per heavy atom. The summed E-state index contributed by atoms with van der Waals surface area (Å²) >= 11 is 0. The van der Waals surface area contributed by atoms with Crippen LogP contribution in [0.25, 0.3) is 5.69 Å². The van der Waals surface area contributed by atoms with E-state index in [4.69, 9.17) is 4.74 Å². The van der Waals surface area contributed by atoms with Crippen molar-refractivity contribution < 1.29 is 9.84 Å².